The molecule has 2 aliphatic carbocycles. The summed E-state index contributed by atoms with van der Waals surface area (Å²) in [5.74, 6) is -0.266. The second-order valence-corrected chi connectivity index (χ2v) is 11.0. The number of carbonyl (C=O) groups is 1. The Hall–Kier alpha value is -0.820. The van der Waals surface area contributed by atoms with Crippen LogP contribution < -0.4 is 5.32 Å². The molecule has 0 aliphatic heterocycles. The normalized spacial score (nSPS) is 25.9. The number of alkyl halides is 2. The zero-order valence-electron chi connectivity index (χ0n) is 15.0. The lowest BCUT2D eigenvalue weighted by atomic mass is 9.96. The van der Waals surface area contributed by atoms with Crippen LogP contribution in [0.25, 0.3) is 0 Å². The van der Waals surface area contributed by atoms with Crippen molar-refractivity contribution >= 4 is 44.8 Å². The van der Waals surface area contributed by atoms with Gasteiger partial charge in [0, 0.05) is 18.8 Å². The van der Waals surface area contributed by atoms with Gasteiger partial charge in [-0.05, 0) is 50.5 Å². The Morgan fingerprint density at radius 1 is 1.15 bits per heavy atom. The van der Waals surface area contributed by atoms with Crippen molar-refractivity contribution in [3.8, 4) is 0 Å². The van der Waals surface area contributed by atoms with Crippen molar-refractivity contribution in [3.05, 3.63) is 24.3 Å². The van der Waals surface area contributed by atoms with E-state index in [-0.39, 0.29) is 16.8 Å². The largest absolute Gasteiger partial charge is 0.326 e. The summed E-state index contributed by atoms with van der Waals surface area (Å²) in [6.07, 6.45) is 5.51. The summed E-state index contributed by atoms with van der Waals surface area (Å²) in [7, 11) is -1.89. The summed E-state index contributed by atoms with van der Waals surface area (Å²) in [6.45, 7) is 1.71. The first-order valence-corrected chi connectivity index (χ1v) is 11.0. The molecule has 144 valence electrons. The van der Waals surface area contributed by atoms with Crippen LogP contribution >= 0.6 is 23.2 Å². The monoisotopic (exact) mass is 418 g/mol. The van der Waals surface area contributed by atoms with E-state index in [1.807, 2.05) is 0 Å². The lowest BCUT2D eigenvalue weighted by Crippen LogP contribution is -2.38. The predicted octanol–water partition coefficient (Wildman–Crippen LogP) is 4.16. The molecule has 0 heterocycles. The summed E-state index contributed by atoms with van der Waals surface area (Å²) in [5, 5.41) is 2.75. The second-order valence-electron chi connectivity index (χ2n) is 7.50. The molecule has 1 amide bonds. The lowest BCUT2D eigenvalue weighted by molar-refractivity contribution is -0.120. The first kappa shape index (κ1) is 19.9. The molecule has 3 rings (SSSR count). The number of amides is 1. The number of benzene rings is 1. The van der Waals surface area contributed by atoms with E-state index < -0.39 is 19.8 Å². The molecule has 0 unspecified atom stereocenters. The smallest absolute Gasteiger partial charge is 0.243 e. The van der Waals surface area contributed by atoms with Crippen molar-refractivity contribution in [1.82, 2.24) is 4.31 Å². The summed E-state index contributed by atoms with van der Waals surface area (Å²) in [5.41, 5.74) is -0.297. The molecule has 0 spiro atoms. The number of hydrogen-bond acceptors (Lipinski definition) is 3. The van der Waals surface area contributed by atoms with Crippen LogP contribution in [-0.2, 0) is 14.8 Å². The van der Waals surface area contributed by atoms with Crippen LogP contribution in [0.1, 0.15) is 45.4 Å². The Balaban J connectivity index is 1.69. The first-order chi connectivity index (χ1) is 12.1. The van der Waals surface area contributed by atoms with Gasteiger partial charge in [0.1, 0.15) is 4.33 Å². The number of halogens is 2. The summed E-state index contributed by atoms with van der Waals surface area (Å²) in [6, 6.07) is 6.29. The molecule has 2 aliphatic rings. The second kappa shape index (κ2) is 6.97. The van der Waals surface area contributed by atoms with Gasteiger partial charge in [-0.2, -0.15) is 4.31 Å². The maximum atomic E-state index is 12.8. The van der Waals surface area contributed by atoms with Crippen LogP contribution in [0.15, 0.2) is 29.2 Å². The zero-order chi connectivity index (χ0) is 19.2. The fraction of sp³-hybridized carbons (Fsp3) is 0.611. The number of carbonyl (C=O) groups excluding carboxylic acids is 1. The maximum Gasteiger partial charge on any atom is 0.243 e. The van der Waals surface area contributed by atoms with Gasteiger partial charge in [-0.1, -0.05) is 19.3 Å². The van der Waals surface area contributed by atoms with Crippen molar-refractivity contribution in [2.75, 3.05) is 12.4 Å². The molecule has 0 bridgehead atoms. The van der Waals surface area contributed by atoms with E-state index >= 15 is 0 Å². The Morgan fingerprint density at radius 2 is 1.69 bits per heavy atom. The number of nitrogens with zero attached hydrogens (tertiary/aromatic N) is 1. The van der Waals surface area contributed by atoms with Crippen LogP contribution in [0, 0.1) is 5.41 Å². The third kappa shape index (κ3) is 3.61. The maximum absolute atomic E-state index is 12.8. The third-order valence-corrected chi connectivity index (χ3v) is 8.66. The van der Waals surface area contributed by atoms with E-state index in [1.54, 1.807) is 26.1 Å². The van der Waals surface area contributed by atoms with Gasteiger partial charge in [-0.25, -0.2) is 8.42 Å². The van der Waals surface area contributed by atoms with Crippen molar-refractivity contribution in [2.24, 2.45) is 5.41 Å². The van der Waals surface area contributed by atoms with Gasteiger partial charge in [0.25, 0.3) is 0 Å². The van der Waals surface area contributed by atoms with Gasteiger partial charge in [0.05, 0.1) is 10.3 Å². The Bertz CT molecular complexity index is 789. The molecule has 2 saturated carbocycles. The van der Waals surface area contributed by atoms with Crippen LogP contribution in [0.3, 0.4) is 0 Å². The number of anilines is 1. The van der Waals surface area contributed by atoms with E-state index in [9.17, 15) is 13.2 Å². The SMILES string of the molecule is CN(C1CCCCC1)S(=O)(=O)c1ccc(NC(=O)[C@]2(C)CC2(Cl)Cl)cc1. The fourth-order valence-electron chi connectivity index (χ4n) is 3.43. The fourth-order valence-corrected chi connectivity index (χ4v) is 5.55. The predicted molar refractivity (Wildman–Crippen MR) is 104 cm³/mol. The highest BCUT2D eigenvalue weighted by molar-refractivity contribution is 7.89. The van der Waals surface area contributed by atoms with E-state index in [1.165, 1.54) is 22.9 Å². The standard InChI is InChI=1S/C18H24Cl2N2O3S/c1-17(12-18(17,19)20)16(23)21-13-8-10-15(11-9-13)26(24,25)22(2)14-6-4-3-5-7-14/h8-11,14H,3-7,12H2,1-2H3,(H,21,23)/t17-/m0/s1. The molecule has 1 atom stereocenters. The summed E-state index contributed by atoms with van der Waals surface area (Å²) >= 11 is 12.0. The minimum atomic E-state index is -3.54. The molecule has 5 nitrogen and oxygen atoms in total. The van der Waals surface area contributed by atoms with Gasteiger partial charge in [-0.3, -0.25) is 4.79 Å². The third-order valence-electron chi connectivity index (χ3n) is 5.64. The van der Waals surface area contributed by atoms with Crippen molar-refractivity contribution in [3.63, 3.8) is 0 Å². The summed E-state index contributed by atoms with van der Waals surface area (Å²) in [4.78, 5) is 12.5. The quantitative estimate of drug-likeness (QED) is 0.729. The van der Waals surface area contributed by atoms with Gasteiger partial charge < -0.3 is 5.32 Å². The van der Waals surface area contributed by atoms with Crippen molar-refractivity contribution < 1.29 is 13.2 Å². The number of nitrogens with one attached hydrogen (secondary N) is 1. The minimum Gasteiger partial charge on any atom is -0.326 e. The van der Waals surface area contributed by atoms with Crippen LogP contribution in [-0.4, -0.2) is 36.1 Å². The highest BCUT2D eigenvalue weighted by Gasteiger charge is 2.67. The number of hydrogen-bond donors (Lipinski definition) is 1. The van der Waals surface area contributed by atoms with Crippen molar-refractivity contribution in [2.45, 2.75) is 60.7 Å². The Morgan fingerprint density at radius 3 is 2.19 bits per heavy atom. The Kier molecular flexibility index (Phi) is 5.34. The zero-order valence-corrected chi connectivity index (χ0v) is 17.3. The van der Waals surface area contributed by atoms with E-state index in [0.717, 1.165) is 25.7 Å². The Labute approximate surface area is 165 Å². The van der Waals surface area contributed by atoms with Gasteiger partial charge in [-0.15, -0.1) is 23.2 Å². The molecule has 1 aromatic rings. The van der Waals surface area contributed by atoms with E-state index in [0.29, 0.717) is 12.1 Å². The molecule has 8 heteroatoms. The summed E-state index contributed by atoms with van der Waals surface area (Å²) < 4.78 is 26.1. The molecular formula is C18H24Cl2N2O3S. The number of sulfonamides is 1. The minimum absolute atomic E-state index is 0.0588. The first-order valence-electron chi connectivity index (χ1n) is 8.85. The molecule has 0 saturated heterocycles. The van der Waals surface area contributed by atoms with Gasteiger partial charge in [0.2, 0.25) is 15.9 Å². The van der Waals surface area contributed by atoms with Crippen LogP contribution in [0.2, 0.25) is 0 Å². The van der Waals surface area contributed by atoms with Crippen LogP contribution in [0.5, 0.6) is 0 Å². The van der Waals surface area contributed by atoms with E-state index in [4.69, 9.17) is 23.2 Å². The van der Waals surface area contributed by atoms with Crippen molar-refractivity contribution in [1.29, 1.82) is 0 Å². The van der Waals surface area contributed by atoms with E-state index in [2.05, 4.69) is 5.32 Å². The highest BCUT2D eigenvalue weighted by Crippen LogP contribution is 2.64. The topological polar surface area (TPSA) is 66.5 Å². The average Bonchev–Trinajstić information content (AvgIpc) is 3.15. The molecule has 2 fully saturated rings. The molecule has 26 heavy (non-hydrogen) atoms. The molecule has 0 radical (unpaired) electrons. The van der Waals surface area contributed by atoms with Gasteiger partial charge >= 0.3 is 0 Å². The average molecular weight is 419 g/mol. The number of rotatable bonds is 5. The molecule has 0 aromatic heterocycles. The molecular weight excluding hydrogens is 395 g/mol. The molecule has 1 N–H and O–H groups in total. The molecule has 1 aromatic carbocycles. The van der Waals surface area contributed by atoms with Gasteiger partial charge in [0.15, 0.2) is 0 Å². The lowest BCUT2D eigenvalue weighted by Gasteiger charge is -2.30. The highest BCUT2D eigenvalue weighted by atomic mass is 35.5. The van der Waals surface area contributed by atoms with Crippen LogP contribution in [0.4, 0.5) is 5.69 Å².